The Morgan fingerprint density at radius 3 is 1.86 bits per heavy atom. The summed E-state index contributed by atoms with van der Waals surface area (Å²) in [5, 5.41) is -0.159. The molecule has 0 saturated carbocycles. The number of carbonyl (C=O) groups excluding carboxylic acids is 1. The molecule has 2 rings (SSSR count). The van der Waals surface area contributed by atoms with Crippen molar-refractivity contribution in [1.82, 2.24) is 0 Å². The molecule has 0 spiro atoms. The Labute approximate surface area is 123 Å². The third kappa shape index (κ3) is 2.76. The Kier molecular flexibility index (Phi) is 3.77. The van der Waals surface area contributed by atoms with Crippen LogP contribution in [0.25, 0.3) is 0 Å². The van der Waals surface area contributed by atoms with Crippen LogP contribution in [0, 0.1) is 20.8 Å². The van der Waals surface area contributed by atoms with Gasteiger partial charge in [-0.05, 0) is 0 Å². The van der Waals surface area contributed by atoms with Gasteiger partial charge in [-0.3, -0.25) is 0 Å². The van der Waals surface area contributed by atoms with Crippen molar-refractivity contribution < 1.29 is 19.5 Å². The Hall–Kier alpha value is -1.58. The average molecular weight is 306 g/mol. The van der Waals surface area contributed by atoms with E-state index in [2.05, 4.69) is 0 Å². The molecule has 0 amide bonds. The molecule has 2 aromatic rings. The summed E-state index contributed by atoms with van der Waals surface area (Å²) in [4.78, 5) is 43.8. The van der Waals surface area contributed by atoms with Gasteiger partial charge in [-0.2, -0.15) is 0 Å². The van der Waals surface area contributed by atoms with Gasteiger partial charge in [0.1, 0.15) is 0 Å². The first-order valence-electron chi connectivity index (χ1n) is 6.57. The topological polar surface area (TPSA) is 77.8 Å². The van der Waals surface area contributed by atoms with Gasteiger partial charge in [-0.25, -0.2) is 0 Å². The van der Waals surface area contributed by atoms with Crippen LogP contribution in [0.15, 0.2) is 42.5 Å². The van der Waals surface area contributed by atoms with Crippen LogP contribution < -0.4 is 5.30 Å². The fourth-order valence-corrected chi connectivity index (χ4v) is 4.26. The van der Waals surface area contributed by atoms with Crippen LogP contribution in [0.2, 0.25) is 0 Å². The molecule has 0 atom stereocenters. The van der Waals surface area contributed by atoms with Crippen LogP contribution in [0.1, 0.15) is 27.0 Å². The molecule has 0 aliphatic heterocycles. The molecule has 0 unspecified atom stereocenters. The van der Waals surface area contributed by atoms with Gasteiger partial charge in [-0.1, -0.05) is 0 Å². The molecule has 0 heterocycles. The standard InChI is InChI=1S/C16H19O4P/c1-11-9-12(2)15(13(3)10-11)16(17)21(18,19,20)14-7-5-4-6-8-14/h4-10,18-20H,1-3H3. The predicted molar refractivity (Wildman–Crippen MR) is 84.6 cm³/mol. The van der Waals surface area contributed by atoms with Crippen molar-refractivity contribution in [2.45, 2.75) is 20.8 Å². The fourth-order valence-electron chi connectivity index (χ4n) is 2.54. The van der Waals surface area contributed by atoms with E-state index in [-0.39, 0.29) is 10.9 Å². The van der Waals surface area contributed by atoms with E-state index < -0.39 is 12.8 Å². The van der Waals surface area contributed by atoms with Crippen molar-refractivity contribution in [3.05, 3.63) is 64.7 Å². The molecule has 0 saturated heterocycles. The first-order valence-corrected chi connectivity index (χ1v) is 8.66. The molecule has 0 fully saturated rings. The molecule has 0 aliphatic rings. The summed E-state index contributed by atoms with van der Waals surface area (Å²) in [6.45, 7) is 5.32. The molecule has 2 aromatic carbocycles. The van der Waals surface area contributed by atoms with Gasteiger partial charge < -0.3 is 0 Å². The van der Waals surface area contributed by atoms with Crippen molar-refractivity contribution in [2.24, 2.45) is 0 Å². The summed E-state index contributed by atoms with van der Waals surface area (Å²) in [6, 6.07) is 11.0. The van der Waals surface area contributed by atoms with Crippen LogP contribution in [0.5, 0.6) is 0 Å². The van der Waals surface area contributed by atoms with Crippen LogP contribution in [-0.2, 0) is 0 Å². The zero-order valence-corrected chi connectivity index (χ0v) is 13.1. The normalized spacial score (nSPS) is 13.5. The first-order chi connectivity index (χ1) is 9.62. The zero-order chi connectivity index (χ0) is 15.9. The minimum atomic E-state index is -5.63. The summed E-state index contributed by atoms with van der Waals surface area (Å²) in [5.41, 5.74) is 1.33. The van der Waals surface area contributed by atoms with Gasteiger partial charge in [0.2, 0.25) is 0 Å². The molecular weight excluding hydrogens is 287 g/mol. The molecule has 5 heteroatoms. The van der Waals surface area contributed by atoms with Crippen LogP contribution in [0.3, 0.4) is 0 Å². The van der Waals surface area contributed by atoms with Crippen LogP contribution in [0.4, 0.5) is 0 Å². The first kappa shape index (κ1) is 15.8. The number of benzene rings is 2. The van der Waals surface area contributed by atoms with Crippen LogP contribution >= 0.6 is 7.28 Å². The van der Waals surface area contributed by atoms with E-state index in [1.807, 2.05) is 6.92 Å². The summed E-state index contributed by atoms with van der Waals surface area (Å²) in [7, 11) is -5.63. The van der Waals surface area contributed by atoms with E-state index in [1.54, 1.807) is 44.2 Å². The Morgan fingerprint density at radius 1 is 0.905 bits per heavy atom. The Balaban J connectivity index is 2.64. The van der Waals surface area contributed by atoms with Gasteiger partial charge in [0, 0.05) is 0 Å². The molecule has 4 nitrogen and oxygen atoms in total. The second kappa shape index (κ2) is 5.00. The third-order valence-electron chi connectivity index (χ3n) is 3.50. The molecular formula is C16H19O4P. The number of carbonyl (C=O) groups is 1. The molecule has 0 bridgehead atoms. The maximum atomic E-state index is 12.6. The van der Waals surface area contributed by atoms with Gasteiger partial charge in [-0.15, -0.1) is 0 Å². The van der Waals surface area contributed by atoms with Gasteiger partial charge in [0.15, 0.2) is 0 Å². The molecule has 0 aromatic heterocycles. The number of hydrogen-bond donors (Lipinski definition) is 3. The second-order valence-corrected chi connectivity index (χ2v) is 8.28. The second-order valence-electron chi connectivity index (χ2n) is 5.39. The quantitative estimate of drug-likeness (QED) is 0.761. The van der Waals surface area contributed by atoms with Crippen molar-refractivity contribution >= 4 is 18.1 Å². The van der Waals surface area contributed by atoms with Gasteiger partial charge >= 0.3 is 123 Å². The Morgan fingerprint density at radius 2 is 1.38 bits per heavy atom. The summed E-state index contributed by atoms with van der Waals surface area (Å²) < 4.78 is 0. The van der Waals surface area contributed by atoms with E-state index in [0.29, 0.717) is 11.1 Å². The summed E-state index contributed by atoms with van der Waals surface area (Å²) in [5.74, 6) is 0. The molecule has 0 aliphatic carbocycles. The monoisotopic (exact) mass is 306 g/mol. The van der Waals surface area contributed by atoms with Crippen molar-refractivity contribution in [3.8, 4) is 0 Å². The number of hydrogen-bond acceptors (Lipinski definition) is 4. The van der Waals surface area contributed by atoms with Gasteiger partial charge in [0.25, 0.3) is 0 Å². The van der Waals surface area contributed by atoms with E-state index in [0.717, 1.165) is 5.56 Å². The Bertz CT molecular complexity index is 676. The average Bonchev–Trinajstić information content (AvgIpc) is 2.38. The summed E-state index contributed by atoms with van der Waals surface area (Å²) in [6.07, 6.45) is 0. The minimum absolute atomic E-state index is 0.159. The fraction of sp³-hybridized carbons (Fsp3) is 0.188. The third-order valence-corrected chi connectivity index (χ3v) is 5.72. The van der Waals surface area contributed by atoms with E-state index in [4.69, 9.17) is 0 Å². The molecule has 0 radical (unpaired) electrons. The zero-order valence-electron chi connectivity index (χ0n) is 12.2. The predicted octanol–water partition coefficient (Wildman–Crippen LogP) is 2.35. The van der Waals surface area contributed by atoms with Gasteiger partial charge in [0.05, 0.1) is 0 Å². The summed E-state index contributed by atoms with van der Waals surface area (Å²) >= 11 is 0. The van der Waals surface area contributed by atoms with E-state index in [1.165, 1.54) is 12.1 Å². The molecule has 3 N–H and O–H groups in total. The SMILES string of the molecule is Cc1cc(C)c(C(=O)P(O)(O)(O)c2ccccc2)c(C)c1. The number of rotatable bonds is 3. The van der Waals surface area contributed by atoms with Crippen molar-refractivity contribution in [1.29, 1.82) is 0 Å². The van der Waals surface area contributed by atoms with E-state index >= 15 is 0 Å². The van der Waals surface area contributed by atoms with Crippen molar-refractivity contribution in [2.75, 3.05) is 0 Å². The van der Waals surface area contributed by atoms with Crippen LogP contribution in [-0.4, -0.2) is 20.2 Å². The molecule has 21 heavy (non-hydrogen) atoms. The number of aryl methyl sites for hydroxylation is 3. The van der Waals surface area contributed by atoms with Crippen molar-refractivity contribution in [3.63, 3.8) is 0 Å². The van der Waals surface area contributed by atoms with E-state index in [9.17, 15) is 19.5 Å². The maximum absolute atomic E-state index is 12.6. The molecule has 112 valence electrons.